The molecule has 1 aliphatic carbocycles. The van der Waals surface area contributed by atoms with E-state index in [4.69, 9.17) is 0 Å². The summed E-state index contributed by atoms with van der Waals surface area (Å²) in [5.74, 6) is 0. The predicted molar refractivity (Wildman–Crippen MR) is 80.7 cm³/mol. The summed E-state index contributed by atoms with van der Waals surface area (Å²) in [5.41, 5.74) is 4.14. The molecule has 0 aliphatic heterocycles. The van der Waals surface area contributed by atoms with Crippen LogP contribution < -0.4 is 5.32 Å². The first-order chi connectivity index (χ1) is 9.76. The molecule has 0 radical (unpaired) electrons. The molecule has 0 fully saturated rings. The third-order valence-electron chi connectivity index (χ3n) is 4.13. The number of aryl methyl sites for hydroxylation is 2. The van der Waals surface area contributed by atoms with E-state index >= 15 is 0 Å². The maximum Gasteiger partial charge on any atom is 0.0821 e. The fraction of sp³-hybridized carbons (Fsp3) is 0.562. The topological polar surface area (TPSA) is 34.8 Å². The van der Waals surface area contributed by atoms with Gasteiger partial charge in [0, 0.05) is 31.7 Å². The second-order valence-corrected chi connectivity index (χ2v) is 5.75. The first-order valence-electron chi connectivity index (χ1n) is 7.66. The number of nitrogens with zero attached hydrogens (tertiary/aromatic N) is 3. The summed E-state index contributed by atoms with van der Waals surface area (Å²) in [4.78, 5) is 0. The molecule has 1 atom stereocenters. The molecule has 2 heterocycles. The minimum atomic E-state index is 0.530. The highest BCUT2D eigenvalue weighted by molar-refractivity contribution is 5.29. The molecule has 2 aromatic rings. The summed E-state index contributed by atoms with van der Waals surface area (Å²) >= 11 is 0. The van der Waals surface area contributed by atoms with Crippen molar-refractivity contribution in [3.63, 3.8) is 0 Å². The Bertz CT molecular complexity index is 567. The molecule has 1 aliphatic rings. The largest absolute Gasteiger partial charge is 0.348 e. The predicted octanol–water partition coefficient (Wildman–Crippen LogP) is 2.65. The lowest BCUT2D eigenvalue weighted by Gasteiger charge is -2.15. The molecule has 4 heteroatoms. The van der Waals surface area contributed by atoms with Crippen LogP contribution in [0.2, 0.25) is 0 Å². The average molecular weight is 272 g/mol. The fourth-order valence-electron chi connectivity index (χ4n) is 3.20. The maximum absolute atomic E-state index is 4.47. The molecule has 0 aromatic carbocycles. The van der Waals surface area contributed by atoms with Gasteiger partial charge in [0.05, 0.1) is 12.2 Å². The highest BCUT2D eigenvalue weighted by Crippen LogP contribution is 2.29. The first-order valence-corrected chi connectivity index (χ1v) is 7.66. The molecular weight excluding hydrogens is 248 g/mol. The summed E-state index contributed by atoms with van der Waals surface area (Å²) in [6, 6.07) is 2.62. The van der Waals surface area contributed by atoms with Gasteiger partial charge >= 0.3 is 0 Å². The van der Waals surface area contributed by atoms with Gasteiger partial charge in [0.15, 0.2) is 0 Å². The van der Waals surface area contributed by atoms with Crippen molar-refractivity contribution in [2.24, 2.45) is 7.05 Å². The van der Waals surface area contributed by atoms with Crippen LogP contribution in [0.4, 0.5) is 0 Å². The van der Waals surface area contributed by atoms with E-state index in [-0.39, 0.29) is 0 Å². The van der Waals surface area contributed by atoms with Crippen molar-refractivity contribution in [3.05, 3.63) is 41.5 Å². The lowest BCUT2D eigenvalue weighted by Crippen LogP contribution is -2.20. The summed E-state index contributed by atoms with van der Waals surface area (Å²) < 4.78 is 4.16. The minimum Gasteiger partial charge on any atom is -0.348 e. The zero-order valence-corrected chi connectivity index (χ0v) is 12.5. The van der Waals surface area contributed by atoms with Crippen molar-refractivity contribution in [2.75, 3.05) is 6.54 Å². The van der Waals surface area contributed by atoms with Crippen LogP contribution in [0.3, 0.4) is 0 Å². The second-order valence-electron chi connectivity index (χ2n) is 5.75. The van der Waals surface area contributed by atoms with Crippen molar-refractivity contribution in [1.82, 2.24) is 19.7 Å². The Kier molecular flexibility index (Phi) is 3.92. The van der Waals surface area contributed by atoms with E-state index < -0.39 is 0 Å². The van der Waals surface area contributed by atoms with E-state index in [1.807, 2.05) is 17.9 Å². The van der Waals surface area contributed by atoms with E-state index in [0.29, 0.717) is 6.04 Å². The van der Waals surface area contributed by atoms with Crippen LogP contribution in [-0.2, 0) is 20.0 Å². The van der Waals surface area contributed by atoms with Gasteiger partial charge in [-0.1, -0.05) is 13.3 Å². The minimum absolute atomic E-state index is 0.530. The van der Waals surface area contributed by atoms with Gasteiger partial charge in [-0.3, -0.25) is 4.68 Å². The van der Waals surface area contributed by atoms with Gasteiger partial charge in [-0.05, 0) is 43.0 Å². The van der Waals surface area contributed by atoms with Gasteiger partial charge in [0.1, 0.15) is 0 Å². The molecule has 20 heavy (non-hydrogen) atoms. The number of hydrogen-bond acceptors (Lipinski definition) is 2. The molecule has 0 spiro atoms. The van der Waals surface area contributed by atoms with Crippen LogP contribution in [0.5, 0.6) is 0 Å². The standard InChI is InChI=1S/C16H24N4/c1-3-17-16-7-5-4-6-13-10-20(12-15(13)16)11-14-8-9-19(2)18-14/h8-10,12,16-17H,3-7,11H2,1-2H3. The summed E-state index contributed by atoms with van der Waals surface area (Å²) in [6.45, 7) is 4.09. The van der Waals surface area contributed by atoms with E-state index in [0.717, 1.165) is 18.8 Å². The van der Waals surface area contributed by atoms with Crippen LogP contribution in [0.15, 0.2) is 24.7 Å². The fourth-order valence-corrected chi connectivity index (χ4v) is 3.20. The van der Waals surface area contributed by atoms with E-state index in [9.17, 15) is 0 Å². The molecule has 0 saturated heterocycles. The lowest BCUT2D eigenvalue weighted by atomic mass is 10.0. The summed E-state index contributed by atoms with van der Waals surface area (Å²) in [7, 11) is 1.97. The maximum atomic E-state index is 4.47. The number of rotatable bonds is 4. The number of aromatic nitrogens is 3. The highest BCUT2D eigenvalue weighted by atomic mass is 15.3. The Morgan fingerprint density at radius 3 is 3.00 bits per heavy atom. The van der Waals surface area contributed by atoms with E-state index in [1.165, 1.54) is 36.8 Å². The van der Waals surface area contributed by atoms with Crippen LogP contribution in [-0.4, -0.2) is 20.9 Å². The number of fused-ring (bicyclic) bond motifs is 1. The monoisotopic (exact) mass is 272 g/mol. The molecule has 0 bridgehead atoms. The van der Waals surface area contributed by atoms with Crippen LogP contribution >= 0.6 is 0 Å². The Morgan fingerprint density at radius 2 is 2.25 bits per heavy atom. The van der Waals surface area contributed by atoms with Crippen molar-refractivity contribution in [1.29, 1.82) is 0 Å². The normalized spacial score (nSPS) is 18.8. The molecule has 2 aromatic heterocycles. The van der Waals surface area contributed by atoms with Crippen molar-refractivity contribution >= 4 is 0 Å². The Hall–Kier alpha value is -1.55. The summed E-state index contributed by atoms with van der Waals surface area (Å²) in [5, 5.41) is 8.10. The molecule has 108 valence electrons. The zero-order valence-electron chi connectivity index (χ0n) is 12.5. The highest BCUT2D eigenvalue weighted by Gasteiger charge is 2.19. The zero-order chi connectivity index (χ0) is 13.9. The first kappa shape index (κ1) is 13.4. The van der Waals surface area contributed by atoms with Crippen molar-refractivity contribution < 1.29 is 0 Å². The van der Waals surface area contributed by atoms with Crippen molar-refractivity contribution in [2.45, 2.75) is 45.2 Å². The Balaban J connectivity index is 1.82. The summed E-state index contributed by atoms with van der Waals surface area (Å²) in [6.07, 6.45) is 11.8. The molecule has 0 amide bonds. The number of hydrogen-bond donors (Lipinski definition) is 1. The van der Waals surface area contributed by atoms with Gasteiger partial charge in [-0.15, -0.1) is 0 Å². The number of nitrogens with one attached hydrogen (secondary N) is 1. The van der Waals surface area contributed by atoms with Gasteiger partial charge in [0.2, 0.25) is 0 Å². The molecule has 1 unspecified atom stereocenters. The molecule has 4 nitrogen and oxygen atoms in total. The van der Waals surface area contributed by atoms with E-state index in [2.05, 4.69) is 40.4 Å². The second kappa shape index (κ2) is 5.83. The third kappa shape index (κ3) is 2.80. The van der Waals surface area contributed by atoms with Gasteiger partial charge in [-0.25, -0.2) is 0 Å². The van der Waals surface area contributed by atoms with Gasteiger partial charge in [0.25, 0.3) is 0 Å². The average Bonchev–Trinajstić information content (AvgIpc) is 2.96. The Labute approximate surface area is 120 Å². The molecule has 1 N–H and O–H groups in total. The third-order valence-corrected chi connectivity index (χ3v) is 4.13. The molecular formula is C16H24N4. The van der Waals surface area contributed by atoms with Crippen LogP contribution in [0.1, 0.15) is 49.0 Å². The van der Waals surface area contributed by atoms with Crippen molar-refractivity contribution in [3.8, 4) is 0 Å². The van der Waals surface area contributed by atoms with Crippen LogP contribution in [0, 0.1) is 0 Å². The smallest absolute Gasteiger partial charge is 0.0821 e. The van der Waals surface area contributed by atoms with E-state index in [1.54, 1.807) is 0 Å². The lowest BCUT2D eigenvalue weighted by molar-refractivity contribution is 0.502. The molecule has 3 rings (SSSR count). The molecule has 0 saturated carbocycles. The van der Waals surface area contributed by atoms with Gasteiger partial charge < -0.3 is 9.88 Å². The SMILES string of the molecule is CCNC1CCCCc2cn(Cc3ccn(C)n3)cc21. The quantitative estimate of drug-likeness (QED) is 0.868. The van der Waals surface area contributed by atoms with Crippen LogP contribution in [0.25, 0.3) is 0 Å². The van der Waals surface area contributed by atoms with Gasteiger partial charge in [-0.2, -0.15) is 5.10 Å². The Morgan fingerprint density at radius 1 is 1.35 bits per heavy atom.